The maximum atomic E-state index is 6.52. The molecule has 2 heteroatoms. The molecule has 0 amide bonds. The Morgan fingerprint density at radius 1 is 1.21 bits per heavy atom. The first-order valence-electron chi connectivity index (χ1n) is 7.21. The van der Waals surface area contributed by atoms with E-state index in [4.69, 9.17) is 10.5 Å². The fraction of sp³-hybridized carbons (Fsp3) is 0.412. The second kappa shape index (κ2) is 5.22. The Kier molecular flexibility index (Phi) is 3.43. The van der Waals surface area contributed by atoms with E-state index in [9.17, 15) is 0 Å². The minimum atomic E-state index is 0.0985. The third-order valence-corrected chi connectivity index (χ3v) is 4.22. The SMILES string of the molecule is CCOc1ccc2ccccc2c1[C@@H](N)C1CCC1. The van der Waals surface area contributed by atoms with Crippen LogP contribution in [0.1, 0.15) is 37.8 Å². The lowest BCUT2D eigenvalue weighted by Crippen LogP contribution is -2.27. The Hall–Kier alpha value is -1.54. The summed E-state index contributed by atoms with van der Waals surface area (Å²) in [5.74, 6) is 1.57. The third kappa shape index (κ3) is 2.21. The molecule has 1 atom stereocenters. The van der Waals surface area contributed by atoms with E-state index in [0.717, 1.165) is 5.75 Å². The zero-order valence-electron chi connectivity index (χ0n) is 11.4. The van der Waals surface area contributed by atoms with Gasteiger partial charge in [0.05, 0.1) is 6.61 Å². The van der Waals surface area contributed by atoms with Crippen molar-refractivity contribution >= 4 is 10.8 Å². The van der Waals surface area contributed by atoms with Crippen LogP contribution in [0.5, 0.6) is 5.75 Å². The van der Waals surface area contributed by atoms with Crippen molar-refractivity contribution in [1.29, 1.82) is 0 Å². The van der Waals surface area contributed by atoms with Crippen LogP contribution < -0.4 is 10.5 Å². The molecule has 2 nitrogen and oxygen atoms in total. The van der Waals surface area contributed by atoms with Gasteiger partial charge in [0, 0.05) is 11.6 Å². The standard InChI is InChI=1S/C17H21NO/c1-2-19-15-11-10-12-6-3-4-9-14(12)16(15)17(18)13-7-5-8-13/h3-4,6,9-11,13,17H,2,5,7-8,18H2,1H3/t17-/m0/s1. The van der Waals surface area contributed by atoms with Crippen molar-refractivity contribution < 1.29 is 4.74 Å². The lowest BCUT2D eigenvalue weighted by molar-refractivity contribution is 0.257. The Morgan fingerprint density at radius 2 is 2.00 bits per heavy atom. The molecule has 2 N–H and O–H groups in total. The second-order valence-corrected chi connectivity index (χ2v) is 5.35. The van der Waals surface area contributed by atoms with Crippen LogP contribution in [-0.2, 0) is 0 Å². The van der Waals surface area contributed by atoms with E-state index in [1.165, 1.54) is 35.6 Å². The molecule has 3 rings (SSSR count). The van der Waals surface area contributed by atoms with Gasteiger partial charge in [-0.05, 0) is 42.5 Å². The third-order valence-electron chi connectivity index (χ3n) is 4.22. The van der Waals surface area contributed by atoms with Gasteiger partial charge in [0.1, 0.15) is 5.75 Å². The van der Waals surface area contributed by atoms with Gasteiger partial charge in [0.15, 0.2) is 0 Å². The van der Waals surface area contributed by atoms with E-state index < -0.39 is 0 Å². The molecule has 0 bridgehead atoms. The fourth-order valence-electron chi connectivity index (χ4n) is 2.94. The van der Waals surface area contributed by atoms with Gasteiger partial charge in [-0.25, -0.2) is 0 Å². The predicted molar refractivity (Wildman–Crippen MR) is 79.4 cm³/mol. The smallest absolute Gasteiger partial charge is 0.124 e. The van der Waals surface area contributed by atoms with Crippen molar-refractivity contribution in [1.82, 2.24) is 0 Å². The Morgan fingerprint density at radius 3 is 2.68 bits per heavy atom. The molecule has 0 saturated heterocycles. The zero-order chi connectivity index (χ0) is 13.2. The number of rotatable bonds is 4. The fourth-order valence-corrected chi connectivity index (χ4v) is 2.94. The molecule has 19 heavy (non-hydrogen) atoms. The Balaban J connectivity index is 2.13. The number of fused-ring (bicyclic) bond motifs is 1. The molecule has 0 spiro atoms. The summed E-state index contributed by atoms with van der Waals surface area (Å²) in [5, 5.41) is 2.49. The van der Waals surface area contributed by atoms with Gasteiger partial charge in [0.25, 0.3) is 0 Å². The quantitative estimate of drug-likeness (QED) is 0.895. The average Bonchev–Trinajstić information content (AvgIpc) is 2.36. The van der Waals surface area contributed by atoms with Crippen molar-refractivity contribution in [3.05, 3.63) is 42.0 Å². The molecule has 0 aliphatic heterocycles. The van der Waals surface area contributed by atoms with Gasteiger partial charge in [-0.1, -0.05) is 36.8 Å². The van der Waals surface area contributed by atoms with Gasteiger partial charge >= 0.3 is 0 Å². The molecule has 0 radical (unpaired) electrons. The lowest BCUT2D eigenvalue weighted by Gasteiger charge is -2.33. The van der Waals surface area contributed by atoms with E-state index in [0.29, 0.717) is 12.5 Å². The highest BCUT2D eigenvalue weighted by atomic mass is 16.5. The van der Waals surface area contributed by atoms with Gasteiger partial charge in [-0.3, -0.25) is 0 Å². The first-order valence-corrected chi connectivity index (χ1v) is 7.21. The molecule has 2 aromatic carbocycles. The van der Waals surface area contributed by atoms with Crippen LogP contribution >= 0.6 is 0 Å². The highest BCUT2D eigenvalue weighted by Gasteiger charge is 2.28. The zero-order valence-corrected chi connectivity index (χ0v) is 11.4. The van der Waals surface area contributed by atoms with Crippen LogP contribution in [0.15, 0.2) is 36.4 Å². The number of hydrogen-bond donors (Lipinski definition) is 1. The molecule has 100 valence electrons. The summed E-state index contributed by atoms with van der Waals surface area (Å²) in [6, 6.07) is 12.7. The van der Waals surface area contributed by atoms with Crippen LogP contribution in [0.3, 0.4) is 0 Å². The molecular weight excluding hydrogens is 234 g/mol. The normalized spacial score (nSPS) is 17.2. The molecule has 0 aromatic heterocycles. The maximum absolute atomic E-state index is 6.52. The van der Waals surface area contributed by atoms with Crippen molar-refractivity contribution in [2.75, 3.05) is 6.61 Å². The number of nitrogens with two attached hydrogens (primary N) is 1. The second-order valence-electron chi connectivity index (χ2n) is 5.35. The topological polar surface area (TPSA) is 35.2 Å². The minimum absolute atomic E-state index is 0.0985. The van der Waals surface area contributed by atoms with Crippen molar-refractivity contribution in [3.8, 4) is 5.75 Å². The van der Waals surface area contributed by atoms with E-state index in [2.05, 4.69) is 36.4 Å². The lowest BCUT2D eigenvalue weighted by atomic mass is 9.76. The van der Waals surface area contributed by atoms with Gasteiger partial charge in [-0.15, -0.1) is 0 Å². The van der Waals surface area contributed by atoms with Gasteiger partial charge in [0.2, 0.25) is 0 Å². The van der Waals surface area contributed by atoms with Crippen molar-refractivity contribution in [2.24, 2.45) is 11.7 Å². The first kappa shape index (κ1) is 12.5. The predicted octanol–water partition coefficient (Wildman–Crippen LogP) is 4.04. The molecule has 1 aliphatic carbocycles. The summed E-state index contributed by atoms with van der Waals surface area (Å²) in [5.41, 5.74) is 7.72. The van der Waals surface area contributed by atoms with Crippen LogP contribution in [0.25, 0.3) is 10.8 Å². The number of benzene rings is 2. The Labute approximate surface area is 114 Å². The van der Waals surface area contributed by atoms with Gasteiger partial charge in [-0.2, -0.15) is 0 Å². The summed E-state index contributed by atoms with van der Waals surface area (Å²) < 4.78 is 5.80. The number of ether oxygens (including phenoxy) is 1. The van der Waals surface area contributed by atoms with Crippen molar-refractivity contribution in [2.45, 2.75) is 32.2 Å². The van der Waals surface area contributed by atoms with E-state index >= 15 is 0 Å². The van der Waals surface area contributed by atoms with E-state index in [1.54, 1.807) is 0 Å². The molecule has 0 unspecified atom stereocenters. The molecule has 1 fully saturated rings. The monoisotopic (exact) mass is 255 g/mol. The minimum Gasteiger partial charge on any atom is -0.494 e. The Bertz CT molecular complexity index is 574. The molecule has 0 heterocycles. The summed E-state index contributed by atoms with van der Waals surface area (Å²) in [7, 11) is 0. The molecule has 2 aromatic rings. The summed E-state index contributed by atoms with van der Waals surface area (Å²) in [6.45, 7) is 2.70. The summed E-state index contributed by atoms with van der Waals surface area (Å²) >= 11 is 0. The van der Waals surface area contributed by atoms with Crippen molar-refractivity contribution in [3.63, 3.8) is 0 Å². The highest BCUT2D eigenvalue weighted by Crippen LogP contribution is 2.42. The molecule has 1 aliphatic rings. The molecule has 1 saturated carbocycles. The van der Waals surface area contributed by atoms with Crippen LogP contribution in [0.4, 0.5) is 0 Å². The number of hydrogen-bond acceptors (Lipinski definition) is 2. The van der Waals surface area contributed by atoms with Crippen LogP contribution in [0.2, 0.25) is 0 Å². The largest absolute Gasteiger partial charge is 0.494 e. The first-order chi connectivity index (χ1) is 9.31. The van der Waals surface area contributed by atoms with E-state index in [1.807, 2.05) is 6.92 Å². The molecular formula is C17H21NO. The highest BCUT2D eigenvalue weighted by molar-refractivity contribution is 5.88. The van der Waals surface area contributed by atoms with E-state index in [-0.39, 0.29) is 6.04 Å². The summed E-state index contributed by atoms with van der Waals surface area (Å²) in [4.78, 5) is 0. The summed E-state index contributed by atoms with van der Waals surface area (Å²) in [6.07, 6.45) is 3.80. The van der Waals surface area contributed by atoms with Crippen LogP contribution in [-0.4, -0.2) is 6.61 Å². The van der Waals surface area contributed by atoms with Crippen LogP contribution in [0, 0.1) is 5.92 Å². The van der Waals surface area contributed by atoms with Gasteiger partial charge < -0.3 is 10.5 Å². The average molecular weight is 255 g/mol. The maximum Gasteiger partial charge on any atom is 0.124 e.